The number of hydrogen-bond donors (Lipinski definition) is 3. The summed E-state index contributed by atoms with van der Waals surface area (Å²) in [7, 11) is 0. The molecule has 4 aromatic rings. The van der Waals surface area contributed by atoms with E-state index in [9.17, 15) is 14.4 Å². The minimum Gasteiger partial charge on any atom is -0.481 e. The molecular weight excluding hydrogens is 502 g/mol. The number of thioether (sulfide) groups is 1. The zero-order valence-electron chi connectivity index (χ0n) is 18.3. The lowest BCUT2D eigenvalue weighted by Crippen LogP contribution is -2.19. The van der Waals surface area contributed by atoms with Crippen LogP contribution in [0.1, 0.15) is 23.7 Å². The van der Waals surface area contributed by atoms with E-state index >= 15 is 0 Å². The van der Waals surface area contributed by atoms with Crippen LogP contribution in [0.2, 0.25) is 0 Å². The van der Waals surface area contributed by atoms with Gasteiger partial charge < -0.3 is 15.7 Å². The van der Waals surface area contributed by atoms with E-state index in [1.54, 1.807) is 29.5 Å². The first-order valence-corrected chi connectivity index (χ1v) is 13.3. The zero-order valence-corrected chi connectivity index (χ0v) is 20.8. The van der Waals surface area contributed by atoms with Crippen LogP contribution in [0.15, 0.2) is 82.4 Å². The second-order valence-electron chi connectivity index (χ2n) is 7.38. The summed E-state index contributed by atoms with van der Waals surface area (Å²) in [6.45, 7) is 0. The Kier molecular flexibility index (Phi) is 8.30. The summed E-state index contributed by atoms with van der Waals surface area (Å²) >= 11 is 4.32. The molecule has 10 heteroatoms. The molecule has 0 radical (unpaired) electrons. The second-order valence-corrected chi connectivity index (χ2v) is 10.4. The Balaban J connectivity index is 1.49. The van der Waals surface area contributed by atoms with Crippen molar-refractivity contribution in [3.63, 3.8) is 0 Å². The predicted octanol–water partition coefficient (Wildman–Crippen LogP) is 6.15. The van der Waals surface area contributed by atoms with E-state index in [2.05, 4.69) is 15.6 Å². The van der Waals surface area contributed by atoms with Crippen molar-refractivity contribution in [1.82, 2.24) is 4.98 Å². The highest BCUT2D eigenvalue weighted by Gasteiger charge is 2.23. The highest BCUT2D eigenvalue weighted by Crippen LogP contribution is 2.38. The molecule has 7 nitrogen and oxygen atoms in total. The molecule has 0 spiro atoms. The predicted molar refractivity (Wildman–Crippen MR) is 141 cm³/mol. The van der Waals surface area contributed by atoms with Crippen molar-refractivity contribution < 1.29 is 19.5 Å². The molecule has 2 aromatic carbocycles. The van der Waals surface area contributed by atoms with Crippen LogP contribution in [0.25, 0.3) is 10.6 Å². The fourth-order valence-electron chi connectivity index (χ4n) is 3.17. The second kappa shape index (κ2) is 11.8. The van der Waals surface area contributed by atoms with Crippen molar-refractivity contribution in [3.8, 4) is 10.6 Å². The van der Waals surface area contributed by atoms with Gasteiger partial charge in [0.25, 0.3) is 0 Å². The number of hydrogen-bond acceptors (Lipinski definition) is 7. The van der Waals surface area contributed by atoms with Gasteiger partial charge in [-0.05, 0) is 35.2 Å². The van der Waals surface area contributed by atoms with Gasteiger partial charge in [-0.3, -0.25) is 14.4 Å². The summed E-state index contributed by atoms with van der Waals surface area (Å²) < 4.78 is 0. The van der Waals surface area contributed by atoms with E-state index in [1.807, 2.05) is 59.3 Å². The summed E-state index contributed by atoms with van der Waals surface area (Å²) in [4.78, 5) is 42.4. The van der Waals surface area contributed by atoms with E-state index < -0.39 is 11.2 Å². The van der Waals surface area contributed by atoms with Gasteiger partial charge >= 0.3 is 5.97 Å². The van der Waals surface area contributed by atoms with Crippen molar-refractivity contribution in [3.05, 3.63) is 83.1 Å². The van der Waals surface area contributed by atoms with Crippen molar-refractivity contribution >= 4 is 63.0 Å². The number of carbonyl (C=O) groups is 3. The largest absolute Gasteiger partial charge is 0.481 e. The third-order valence-corrected chi connectivity index (χ3v) is 7.68. The van der Waals surface area contributed by atoms with Crippen molar-refractivity contribution in [2.45, 2.75) is 23.0 Å². The number of carboxylic acid groups (broad SMARTS) is 1. The highest BCUT2D eigenvalue weighted by molar-refractivity contribution is 8.00. The molecular formula is C25H21N3O4S3. The van der Waals surface area contributed by atoms with Crippen LogP contribution in [0.3, 0.4) is 0 Å². The third-order valence-electron chi connectivity index (χ3n) is 4.79. The number of nitrogens with zero attached hydrogens (tertiary/aromatic N) is 1. The lowest BCUT2D eigenvalue weighted by Gasteiger charge is -2.17. The number of carbonyl (C=O) groups excluding carboxylic acids is 2. The Bertz CT molecular complexity index is 1310. The summed E-state index contributed by atoms with van der Waals surface area (Å²) in [6.07, 6.45) is -0.343. The Morgan fingerprint density at radius 3 is 2.51 bits per heavy atom. The van der Waals surface area contributed by atoms with Gasteiger partial charge in [0, 0.05) is 22.4 Å². The summed E-state index contributed by atoms with van der Waals surface area (Å²) in [6, 6.07) is 20.5. The van der Waals surface area contributed by atoms with Gasteiger partial charge in [0.05, 0.1) is 17.0 Å². The SMILES string of the molecule is O=C(O)CCC(=O)Nc1cccc(SC(C(=O)Nc2nc(-c3cccs3)cs2)c2ccccc2)c1. The van der Waals surface area contributed by atoms with Crippen LogP contribution in [0, 0.1) is 0 Å². The monoisotopic (exact) mass is 523 g/mol. The molecule has 2 aromatic heterocycles. The van der Waals surface area contributed by atoms with Gasteiger partial charge in [-0.1, -0.05) is 42.5 Å². The molecule has 0 aliphatic carbocycles. The number of rotatable bonds is 10. The lowest BCUT2D eigenvalue weighted by molar-refractivity contribution is -0.138. The number of benzene rings is 2. The van der Waals surface area contributed by atoms with Crippen LogP contribution in [-0.4, -0.2) is 27.9 Å². The fraction of sp³-hybridized carbons (Fsp3) is 0.120. The first-order valence-electron chi connectivity index (χ1n) is 10.6. The van der Waals surface area contributed by atoms with E-state index in [0.29, 0.717) is 10.8 Å². The maximum absolute atomic E-state index is 13.3. The number of carboxylic acids is 1. The Labute approximate surface area is 214 Å². The van der Waals surface area contributed by atoms with Crippen molar-refractivity contribution in [2.24, 2.45) is 0 Å². The molecule has 0 bridgehead atoms. The summed E-state index contributed by atoms with van der Waals surface area (Å²) in [5, 5.41) is 18.3. The molecule has 3 N–H and O–H groups in total. The van der Waals surface area contributed by atoms with E-state index in [0.717, 1.165) is 21.0 Å². The standard InChI is InChI=1S/C25H21N3O4S3/c29-21(11-12-22(30)31)26-17-8-4-9-18(14-17)35-23(16-6-2-1-3-7-16)24(32)28-25-27-19(15-34-25)20-10-5-13-33-20/h1-10,13-15,23H,11-12H2,(H,26,29)(H,30,31)(H,27,28,32). The molecule has 0 aliphatic heterocycles. The van der Waals surface area contributed by atoms with Crippen LogP contribution < -0.4 is 10.6 Å². The molecule has 2 heterocycles. The molecule has 35 heavy (non-hydrogen) atoms. The van der Waals surface area contributed by atoms with Gasteiger partial charge in [-0.15, -0.1) is 34.4 Å². The quantitative estimate of drug-likeness (QED) is 0.215. The summed E-state index contributed by atoms with van der Waals surface area (Å²) in [5.41, 5.74) is 2.20. The maximum atomic E-state index is 13.3. The molecule has 2 amide bonds. The molecule has 178 valence electrons. The molecule has 4 rings (SSSR count). The van der Waals surface area contributed by atoms with Crippen molar-refractivity contribution in [2.75, 3.05) is 10.6 Å². The van der Waals surface area contributed by atoms with E-state index in [1.165, 1.54) is 23.1 Å². The van der Waals surface area contributed by atoms with Crippen LogP contribution in [0.5, 0.6) is 0 Å². The van der Waals surface area contributed by atoms with Gasteiger partial charge in [0.2, 0.25) is 11.8 Å². The van der Waals surface area contributed by atoms with E-state index in [-0.39, 0.29) is 24.7 Å². The normalized spacial score (nSPS) is 11.5. The smallest absolute Gasteiger partial charge is 0.303 e. The number of anilines is 2. The number of aromatic nitrogens is 1. The van der Waals surface area contributed by atoms with Gasteiger partial charge in [-0.2, -0.15) is 0 Å². The summed E-state index contributed by atoms with van der Waals surface area (Å²) in [5.74, 6) is -1.61. The van der Waals surface area contributed by atoms with Crippen LogP contribution in [-0.2, 0) is 14.4 Å². The fourth-order valence-corrected chi connectivity index (χ4v) is 5.73. The van der Waals surface area contributed by atoms with Gasteiger partial charge in [-0.25, -0.2) is 4.98 Å². The molecule has 0 saturated heterocycles. The highest BCUT2D eigenvalue weighted by atomic mass is 32.2. The number of thiazole rings is 1. The zero-order chi connectivity index (χ0) is 24.6. The van der Waals surface area contributed by atoms with Gasteiger partial charge in [0.15, 0.2) is 5.13 Å². The average molecular weight is 524 g/mol. The van der Waals surface area contributed by atoms with Crippen LogP contribution >= 0.6 is 34.4 Å². The first-order chi connectivity index (χ1) is 17.0. The van der Waals surface area contributed by atoms with E-state index in [4.69, 9.17) is 5.11 Å². The lowest BCUT2D eigenvalue weighted by atomic mass is 10.1. The maximum Gasteiger partial charge on any atom is 0.303 e. The number of nitrogens with one attached hydrogen (secondary N) is 2. The molecule has 0 aliphatic rings. The molecule has 0 saturated carbocycles. The Morgan fingerprint density at radius 2 is 1.77 bits per heavy atom. The number of aliphatic carboxylic acids is 1. The third kappa shape index (κ3) is 7.01. The number of thiophene rings is 1. The molecule has 0 fully saturated rings. The molecule has 1 atom stereocenters. The first kappa shape index (κ1) is 24.6. The average Bonchev–Trinajstić information content (AvgIpc) is 3.54. The van der Waals surface area contributed by atoms with Gasteiger partial charge in [0.1, 0.15) is 5.25 Å². The Hall–Kier alpha value is -3.47. The van der Waals surface area contributed by atoms with Crippen molar-refractivity contribution in [1.29, 1.82) is 0 Å². The van der Waals surface area contributed by atoms with Crippen LogP contribution in [0.4, 0.5) is 10.8 Å². The topological polar surface area (TPSA) is 108 Å². The molecule has 1 unspecified atom stereocenters. The minimum atomic E-state index is -1.02. The minimum absolute atomic E-state index is 0.108. The Morgan fingerprint density at radius 1 is 0.943 bits per heavy atom. The number of amides is 2.